The van der Waals surface area contributed by atoms with E-state index in [4.69, 9.17) is 4.74 Å². The number of carbonyl (C=O) groups excluding carboxylic acids is 3. The van der Waals surface area contributed by atoms with Crippen LogP contribution in [0.4, 0.5) is 4.79 Å². The molecule has 0 bridgehead atoms. The fourth-order valence-electron chi connectivity index (χ4n) is 3.64. The molecule has 0 saturated heterocycles. The van der Waals surface area contributed by atoms with Crippen molar-refractivity contribution in [2.24, 2.45) is 17.8 Å². The molecule has 0 saturated carbocycles. The van der Waals surface area contributed by atoms with Crippen LogP contribution in [0, 0.1) is 17.8 Å². The summed E-state index contributed by atoms with van der Waals surface area (Å²) in [5, 5.41) is 17.9. The number of rotatable bonds is 14. The number of nitrogens with one attached hydrogen (secondary N) is 3. The number of alkyl carbamates (subject to hydrolysis) is 1. The molecule has 8 heteroatoms. The van der Waals surface area contributed by atoms with Crippen LogP contribution in [-0.2, 0) is 20.9 Å². The molecule has 0 fully saturated rings. The van der Waals surface area contributed by atoms with Gasteiger partial charge in [-0.2, -0.15) is 0 Å². The summed E-state index contributed by atoms with van der Waals surface area (Å²) in [6.07, 6.45) is 0.779. The summed E-state index contributed by atoms with van der Waals surface area (Å²) in [5.41, 5.74) is 0.844. The zero-order chi connectivity index (χ0) is 25.7. The number of ether oxygens (including phenoxy) is 1. The second-order valence-corrected chi connectivity index (χ2v) is 10.1. The Bertz CT molecular complexity index is 752. The minimum Gasteiger partial charge on any atom is -0.445 e. The first-order chi connectivity index (χ1) is 16.0. The first-order valence-electron chi connectivity index (χ1n) is 12.2. The van der Waals surface area contributed by atoms with E-state index in [9.17, 15) is 19.5 Å². The molecular formula is C26H43N3O5. The lowest BCUT2D eigenvalue weighted by Crippen LogP contribution is -2.56. The van der Waals surface area contributed by atoms with Gasteiger partial charge in [0, 0.05) is 0 Å². The highest BCUT2D eigenvalue weighted by Crippen LogP contribution is 2.11. The first-order valence-corrected chi connectivity index (χ1v) is 12.2. The molecule has 0 aliphatic carbocycles. The predicted molar refractivity (Wildman–Crippen MR) is 133 cm³/mol. The number of benzene rings is 1. The van der Waals surface area contributed by atoms with Crippen molar-refractivity contribution in [2.45, 2.75) is 85.5 Å². The van der Waals surface area contributed by atoms with E-state index in [1.807, 2.05) is 71.9 Å². The minimum atomic E-state index is -0.838. The highest BCUT2D eigenvalue weighted by atomic mass is 16.5. The molecule has 1 aromatic rings. The Morgan fingerprint density at radius 3 is 1.76 bits per heavy atom. The van der Waals surface area contributed by atoms with Gasteiger partial charge in [-0.3, -0.25) is 9.59 Å². The van der Waals surface area contributed by atoms with Crippen LogP contribution in [0.15, 0.2) is 30.3 Å². The lowest BCUT2D eigenvalue weighted by atomic mass is 9.99. The Morgan fingerprint density at radius 2 is 1.26 bits per heavy atom. The lowest BCUT2D eigenvalue weighted by molar-refractivity contribution is -0.131. The van der Waals surface area contributed by atoms with Crippen LogP contribution in [0.2, 0.25) is 0 Å². The Balaban J connectivity index is 2.83. The van der Waals surface area contributed by atoms with E-state index in [2.05, 4.69) is 16.0 Å². The van der Waals surface area contributed by atoms with Crippen LogP contribution in [0.3, 0.4) is 0 Å². The predicted octanol–water partition coefficient (Wildman–Crippen LogP) is 3.38. The van der Waals surface area contributed by atoms with Gasteiger partial charge in [0.1, 0.15) is 18.7 Å². The summed E-state index contributed by atoms with van der Waals surface area (Å²) in [7, 11) is 0. The van der Waals surface area contributed by atoms with Gasteiger partial charge in [0.05, 0.1) is 12.6 Å². The molecule has 4 N–H and O–H groups in total. The van der Waals surface area contributed by atoms with Gasteiger partial charge in [-0.1, -0.05) is 71.9 Å². The van der Waals surface area contributed by atoms with Gasteiger partial charge in [0.2, 0.25) is 11.8 Å². The number of aliphatic hydroxyl groups excluding tert-OH is 1. The highest BCUT2D eigenvalue weighted by molar-refractivity contribution is 5.91. The Kier molecular flexibility index (Phi) is 13.3. The van der Waals surface area contributed by atoms with Crippen molar-refractivity contribution in [1.82, 2.24) is 16.0 Å². The summed E-state index contributed by atoms with van der Waals surface area (Å²) < 4.78 is 5.27. The smallest absolute Gasteiger partial charge is 0.408 e. The Labute approximate surface area is 204 Å². The maximum Gasteiger partial charge on any atom is 0.408 e. The van der Waals surface area contributed by atoms with Crippen molar-refractivity contribution in [3.8, 4) is 0 Å². The largest absolute Gasteiger partial charge is 0.445 e. The van der Waals surface area contributed by atoms with Crippen LogP contribution < -0.4 is 16.0 Å². The van der Waals surface area contributed by atoms with E-state index < -0.39 is 24.1 Å². The van der Waals surface area contributed by atoms with Crippen molar-refractivity contribution in [3.05, 3.63) is 35.9 Å². The van der Waals surface area contributed by atoms with Gasteiger partial charge in [0.15, 0.2) is 0 Å². The second kappa shape index (κ2) is 15.3. The molecule has 192 valence electrons. The third-order valence-electron chi connectivity index (χ3n) is 5.19. The monoisotopic (exact) mass is 477 g/mol. The van der Waals surface area contributed by atoms with Gasteiger partial charge in [0.25, 0.3) is 0 Å². The maximum absolute atomic E-state index is 13.1. The molecule has 0 radical (unpaired) electrons. The lowest BCUT2D eigenvalue weighted by Gasteiger charge is -2.27. The SMILES string of the molecule is CC(C)CC(CO)NC(=O)C(CC(C)C)NC(=O)C(CC(C)C)NC(=O)OCc1ccccc1. The van der Waals surface area contributed by atoms with Gasteiger partial charge in [-0.15, -0.1) is 0 Å². The van der Waals surface area contributed by atoms with E-state index in [1.165, 1.54) is 0 Å². The molecule has 3 atom stereocenters. The molecule has 0 aliphatic rings. The molecule has 0 aromatic heterocycles. The van der Waals surface area contributed by atoms with Crippen molar-refractivity contribution in [3.63, 3.8) is 0 Å². The summed E-state index contributed by atoms with van der Waals surface area (Å²) in [6, 6.07) is 7.29. The van der Waals surface area contributed by atoms with Crippen LogP contribution in [-0.4, -0.2) is 47.7 Å². The molecule has 3 amide bonds. The molecule has 1 aromatic carbocycles. The van der Waals surface area contributed by atoms with E-state index >= 15 is 0 Å². The average molecular weight is 478 g/mol. The fourth-order valence-corrected chi connectivity index (χ4v) is 3.64. The summed E-state index contributed by atoms with van der Waals surface area (Å²) in [5.74, 6) is -0.183. The highest BCUT2D eigenvalue weighted by Gasteiger charge is 2.29. The van der Waals surface area contributed by atoms with Crippen LogP contribution in [0.1, 0.15) is 66.4 Å². The third kappa shape index (κ3) is 12.0. The van der Waals surface area contributed by atoms with E-state index in [1.54, 1.807) is 0 Å². The van der Waals surface area contributed by atoms with Gasteiger partial charge in [-0.05, 0) is 42.6 Å². The summed E-state index contributed by atoms with van der Waals surface area (Å²) >= 11 is 0. The van der Waals surface area contributed by atoms with Gasteiger partial charge in [-0.25, -0.2) is 4.79 Å². The zero-order valence-corrected chi connectivity index (χ0v) is 21.5. The van der Waals surface area contributed by atoms with Gasteiger partial charge < -0.3 is 25.8 Å². The van der Waals surface area contributed by atoms with E-state index in [0.717, 1.165) is 5.56 Å². The second-order valence-electron chi connectivity index (χ2n) is 10.1. The van der Waals surface area contributed by atoms with Crippen molar-refractivity contribution in [1.29, 1.82) is 0 Å². The summed E-state index contributed by atoms with van der Waals surface area (Å²) in [6.45, 7) is 11.8. The van der Waals surface area contributed by atoms with Crippen LogP contribution >= 0.6 is 0 Å². The standard InChI is InChI=1S/C26H43N3O5/c1-17(2)12-21(15-30)27-24(31)22(13-18(3)4)28-25(32)23(14-19(5)6)29-26(33)34-16-20-10-8-7-9-11-20/h7-11,17-19,21-23,30H,12-16H2,1-6H3,(H,27,31)(H,28,32)(H,29,33). The molecule has 8 nitrogen and oxygen atoms in total. The molecule has 0 spiro atoms. The topological polar surface area (TPSA) is 117 Å². The first kappa shape index (κ1) is 29.4. The molecule has 1 rings (SSSR count). The summed E-state index contributed by atoms with van der Waals surface area (Å²) in [4.78, 5) is 38.4. The fraction of sp³-hybridized carbons (Fsp3) is 0.654. The third-order valence-corrected chi connectivity index (χ3v) is 5.19. The quantitative estimate of drug-likeness (QED) is 0.328. The van der Waals surface area contributed by atoms with E-state index in [-0.39, 0.29) is 37.0 Å². The number of hydrogen-bond donors (Lipinski definition) is 4. The molecule has 34 heavy (non-hydrogen) atoms. The van der Waals surface area contributed by atoms with Crippen molar-refractivity contribution >= 4 is 17.9 Å². The normalized spacial score (nSPS) is 13.9. The Morgan fingerprint density at radius 1 is 0.765 bits per heavy atom. The Hall–Kier alpha value is -2.61. The molecular weight excluding hydrogens is 434 g/mol. The molecule has 0 heterocycles. The number of carbonyl (C=O) groups is 3. The van der Waals surface area contributed by atoms with Gasteiger partial charge >= 0.3 is 6.09 Å². The van der Waals surface area contributed by atoms with Crippen LogP contribution in [0.5, 0.6) is 0 Å². The molecule has 0 aliphatic heterocycles. The van der Waals surface area contributed by atoms with Crippen LogP contribution in [0.25, 0.3) is 0 Å². The minimum absolute atomic E-state index is 0.0967. The number of aliphatic hydroxyl groups is 1. The van der Waals surface area contributed by atoms with Crippen molar-refractivity contribution < 1.29 is 24.2 Å². The van der Waals surface area contributed by atoms with E-state index in [0.29, 0.717) is 25.2 Å². The number of amides is 3. The molecule has 3 unspecified atom stereocenters. The van der Waals surface area contributed by atoms with Crippen molar-refractivity contribution in [2.75, 3.05) is 6.61 Å². The maximum atomic E-state index is 13.1. The average Bonchev–Trinajstić information content (AvgIpc) is 2.76. The number of hydrogen-bond acceptors (Lipinski definition) is 5. The zero-order valence-electron chi connectivity index (χ0n) is 21.5.